The third-order valence-electron chi connectivity index (χ3n) is 4.50. The van der Waals surface area contributed by atoms with E-state index in [2.05, 4.69) is 24.6 Å². The molecular weight excluding hydrogens is 338 g/mol. The molecule has 25 heavy (non-hydrogen) atoms. The van der Waals surface area contributed by atoms with Gasteiger partial charge in [-0.05, 0) is 36.1 Å². The maximum atomic E-state index is 12.9. The van der Waals surface area contributed by atoms with Gasteiger partial charge in [0.15, 0.2) is 0 Å². The van der Waals surface area contributed by atoms with E-state index in [1.807, 2.05) is 6.07 Å². The van der Waals surface area contributed by atoms with Crippen LogP contribution in [-0.4, -0.2) is 41.2 Å². The van der Waals surface area contributed by atoms with Gasteiger partial charge in [0.2, 0.25) is 0 Å². The summed E-state index contributed by atoms with van der Waals surface area (Å²) in [6, 6.07) is 5.33. The number of carbonyl (C=O) groups is 1. The lowest BCUT2D eigenvalue weighted by Gasteiger charge is -2.44. The monoisotopic (exact) mass is 363 g/mol. The normalized spacial score (nSPS) is 18.6. The van der Waals surface area contributed by atoms with Crippen molar-refractivity contribution >= 4 is 18.4 Å². The average Bonchev–Trinajstić information content (AvgIpc) is 2.59. The molecule has 0 spiro atoms. The van der Waals surface area contributed by atoms with Gasteiger partial charge in [-0.2, -0.15) is 0 Å². The number of nitrogens with zero attached hydrogens (tertiary/aromatic N) is 1. The van der Waals surface area contributed by atoms with E-state index in [1.165, 1.54) is 0 Å². The first-order valence-corrected chi connectivity index (χ1v) is 8.13. The van der Waals surface area contributed by atoms with E-state index in [1.54, 1.807) is 30.4 Å². The number of phenols is 1. The Morgan fingerprint density at radius 1 is 1.20 bits per heavy atom. The molecule has 0 bridgehead atoms. The number of carbonyl (C=O) groups excluding carboxylic acids is 1. The first kappa shape index (κ1) is 21.0. The van der Waals surface area contributed by atoms with E-state index in [0.717, 1.165) is 11.1 Å². The van der Waals surface area contributed by atoms with Crippen molar-refractivity contribution in [3.63, 3.8) is 0 Å². The summed E-state index contributed by atoms with van der Waals surface area (Å²) in [6.45, 7) is 12.6. The molecule has 1 N–H and O–H groups in total. The lowest BCUT2D eigenvalue weighted by molar-refractivity contribution is -0.157. The standard InChI is InChI=1S/C20H25NO3.ClH/c1-4-11-21(12-5-2)20(19(23)24-13-6-3)10-9-16-14-18(22)8-7-17(16)15-20;/h4-8,14,22H,1-3,9-13,15H2;1H. The van der Waals surface area contributed by atoms with Crippen molar-refractivity contribution < 1.29 is 14.6 Å². The van der Waals surface area contributed by atoms with E-state index in [-0.39, 0.29) is 30.7 Å². The summed E-state index contributed by atoms with van der Waals surface area (Å²) in [5, 5.41) is 9.68. The van der Waals surface area contributed by atoms with Crippen LogP contribution in [-0.2, 0) is 22.4 Å². The minimum absolute atomic E-state index is 0. The molecule has 0 aliphatic heterocycles. The predicted octanol–water partition coefficient (Wildman–Crippen LogP) is 3.44. The number of halogens is 1. The highest BCUT2D eigenvalue weighted by molar-refractivity contribution is 5.85. The highest BCUT2D eigenvalue weighted by atomic mass is 35.5. The van der Waals surface area contributed by atoms with Crippen molar-refractivity contribution in [3.05, 3.63) is 67.3 Å². The van der Waals surface area contributed by atoms with Gasteiger partial charge < -0.3 is 9.84 Å². The van der Waals surface area contributed by atoms with E-state index >= 15 is 0 Å². The van der Waals surface area contributed by atoms with E-state index in [0.29, 0.717) is 32.4 Å². The van der Waals surface area contributed by atoms with Crippen molar-refractivity contribution in [1.82, 2.24) is 4.90 Å². The number of aryl methyl sites for hydroxylation is 1. The molecule has 1 aromatic rings. The Kier molecular flexibility index (Phi) is 7.94. The van der Waals surface area contributed by atoms with Gasteiger partial charge in [0, 0.05) is 19.5 Å². The molecule has 1 atom stereocenters. The van der Waals surface area contributed by atoms with Crippen molar-refractivity contribution in [2.75, 3.05) is 19.7 Å². The number of phenolic OH excluding ortho intramolecular Hbond substituents is 1. The van der Waals surface area contributed by atoms with Gasteiger partial charge in [-0.25, -0.2) is 0 Å². The zero-order valence-electron chi connectivity index (χ0n) is 14.4. The molecule has 1 aliphatic carbocycles. The van der Waals surface area contributed by atoms with Crippen LogP contribution < -0.4 is 0 Å². The topological polar surface area (TPSA) is 49.8 Å². The van der Waals surface area contributed by atoms with Gasteiger partial charge in [-0.15, -0.1) is 25.6 Å². The van der Waals surface area contributed by atoms with Crippen molar-refractivity contribution in [2.24, 2.45) is 0 Å². The zero-order chi connectivity index (χ0) is 17.6. The minimum Gasteiger partial charge on any atom is -0.508 e. The third-order valence-corrected chi connectivity index (χ3v) is 4.50. The number of aromatic hydroxyl groups is 1. The second kappa shape index (κ2) is 9.44. The maximum Gasteiger partial charge on any atom is 0.327 e. The molecule has 4 nitrogen and oxygen atoms in total. The Hall–Kier alpha value is -2.04. The van der Waals surface area contributed by atoms with E-state index in [4.69, 9.17) is 4.74 Å². The Bertz CT molecular complexity index is 634. The van der Waals surface area contributed by atoms with Gasteiger partial charge in [0.25, 0.3) is 0 Å². The van der Waals surface area contributed by atoms with Crippen LogP contribution in [0.25, 0.3) is 0 Å². The molecule has 1 aliphatic rings. The molecule has 0 aromatic heterocycles. The highest BCUT2D eigenvalue weighted by Crippen LogP contribution is 2.36. The molecule has 0 fully saturated rings. The van der Waals surface area contributed by atoms with Gasteiger partial charge >= 0.3 is 5.97 Å². The summed E-state index contributed by atoms with van der Waals surface area (Å²) in [4.78, 5) is 15.0. The van der Waals surface area contributed by atoms with Gasteiger partial charge in [-0.1, -0.05) is 30.9 Å². The van der Waals surface area contributed by atoms with Gasteiger partial charge in [-0.3, -0.25) is 9.69 Å². The van der Waals surface area contributed by atoms with Crippen LogP contribution in [0, 0.1) is 0 Å². The van der Waals surface area contributed by atoms with Gasteiger partial charge in [0.05, 0.1) is 0 Å². The van der Waals surface area contributed by atoms with Crippen LogP contribution in [0.4, 0.5) is 0 Å². The summed E-state index contributed by atoms with van der Waals surface area (Å²) in [5.74, 6) is 0.00866. The predicted molar refractivity (Wildman–Crippen MR) is 103 cm³/mol. The summed E-state index contributed by atoms with van der Waals surface area (Å²) in [5.41, 5.74) is 1.39. The molecule has 0 amide bonds. The summed E-state index contributed by atoms with van der Waals surface area (Å²) >= 11 is 0. The molecule has 0 heterocycles. The van der Waals surface area contributed by atoms with Crippen LogP contribution in [0.5, 0.6) is 5.75 Å². The van der Waals surface area contributed by atoms with Gasteiger partial charge in [0.1, 0.15) is 17.9 Å². The summed E-state index contributed by atoms with van der Waals surface area (Å²) < 4.78 is 5.43. The number of esters is 1. The second-order valence-electron chi connectivity index (χ2n) is 6.03. The number of benzene rings is 1. The summed E-state index contributed by atoms with van der Waals surface area (Å²) in [6.07, 6.45) is 7.03. The lowest BCUT2D eigenvalue weighted by Crippen LogP contribution is -2.58. The minimum atomic E-state index is -0.755. The first-order valence-electron chi connectivity index (χ1n) is 8.13. The fourth-order valence-corrected chi connectivity index (χ4v) is 3.34. The van der Waals surface area contributed by atoms with Crippen molar-refractivity contribution in [3.8, 4) is 5.75 Å². The molecule has 5 heteroatoms. The number of hydrogen-bond acceptors (Lipinski definition) is 4. The molecular formula is C20H26ClNO3. The number of ether oxygens (including phenoxy) is 1. The summed E-state index contributed by atoms with van der Waals surface area (Å²) in [7, 11) is 0. The average molecular weight is 364 g/mol. The lowest BCUT2D eigenvalue weighted by atomic mass is 9.76. The smallest absolute Gasteiger partial charge is 0.327 e. The Morgan fingerprint density at radius 2 is 1.88 bits per heavy atom. The molecule has 0 radical (unpaired) electrons. The van der Waals surface area contributed by atoms with Crippen LogP contribution in [0.3, 0.4) is 0 Å². The van der Waals surface area contributed by atoms with E-state index in [9.17, 15) is 9.90 Å². The largest absolute Gasteiger partial charge is 0.508 e. The van der Waals surface area contributed by atoms with Crippen LogP contribution in [0.1, 0.15) is 17.5 Å². The molecule has 136 valence electrons. The van der Waals surface area contributed by atoms with Crippen LogP contribution in [0.2, 0.25) is 0 Å². The molecule has 0 saturated carbocycles. The maximum absolute atomic E-state index is 12.9. The quantitative estimate of drug-likeness (QED) is 0.567. The van der Waals surface area contributed by atoms with Crippen LogP contribution >= 0.6 is 12.4 Å². The Labute approximate surface area is 155 Å². The second-order valence-corrected chi connectivity index (χ2v) is 6.03. The highest BCUT2D eigenvalue weighted by Gasteiger charge is 2.46. The number of hydrogen-bond donors (Lipinski definition) is 1. The SMILES string of the molecule is C=CCOC(=O)C1(N(CC=C)CC=C)CCc2cc(O)ccc2C1.Cl. The first-order chi connectivity index (χ1) is 11.6. The fourth-order valence-electron chi connectivity index (χ4n) is 3.34. The Balaban J connectivity index is 0.00000312. The van der Waals surface area contributed by atoms with Crippen molar-refractivity contribution in [2.45, 2.75) is 24.8 Å². The fraction of sp³-hybridized carbons (Fsp3) is 0.350. The number of rotatable bonds is 8. The van der Waals surface area contributed by atoms with Crippen LogP contribution in [0.15, 0.2) is 56.2 Å². The third kappa shape index (κ3) is 4.53. The van der Waals surface area contributed by atoms with E-state index < -0.39 is 5.54 Å². The number of fused-ring (bicyclic) bond motifs is 1. The van der Waals surface area contributed by atoms with Crippen molar-refractivity contribution in [1.29, 1.82) is 0 Å². The molecule has 1 unspecified atom stereocenters. The Morgan fingerprint density at radius 3 is 2.48 bits per heavy atom. The molecule has 0 saturated heterocycles. The molecule has 1 aromatic carbocycles. The molecule has 2 rings (SSSR count). The zero-order valence-corrected chi connectivity index (χ0v) is 15.3.